The lowest BCUT2D eigenvalue weighted by molar-refractivity contribution is 0.257. The van der Waals surface area contributed by atoms with Crippen LogP contribution in [-0.2, 0) is 10.8 Å². The topological polar surface area (TPSA) is 37.3 Å². The lowest BCUT2D eigenvalue weighted by atomic mass is 10.4. The first-order valence-corrected chi connectivity index (χ1v) is 10.3. The Balaban J connectivity index is 2.61. The SMILES string of the molecule is C[Si](C)(C)C#C[C@@H](O)C[S@](=O)c1ccccc1. The van der Waals surface area contributed by atoms with Crippen LogP contribution in [0.25, 0.3) is 0 Å². The van der Waals surface area contributed by atoms with E-state index in [4.69, 9.17) is 0 Å². The van der Waals surface area contributed by atoms with E-state index < -0.39 is 25.0 Å². The Kier molecular flexibility index (Phi) is 5.13. The molecule has 17 heavy (non-hydrogen) atoms. The molecule has 0 saturated carbocycles. The van der Waals surface area contributed by atoms with Crippen molar-refractivity contribution in [1.29, 1.82) is 0 Å². The first kappa shape index (κ1) is 14.2. The minimum Gasteiger partial charge on any atom is -0.379 e. The van der Waals surface area contributed by atoms with Gasteiger partial charge < -0.3 is 5.11 Å². The maximum atomic E-state index is 11.9. The predicted octanol–water partition coefficient (Wildman–Crippen LogP) is 2.04. The molecule has 4 heteroatoms. The van der Waals surface area contributed by atoms with Crippen molar-refractivity contribution in [3.63, 3.8) is 0 Å². The van der Waals surface area contributed by atoms with Gasteiger partial charge in [-0.05, 0) is 12.1 Å². The molecule has 0 spiro atoms. The highest BCUT2D eigenvalue weighted by Gasteiger charge is 2.11. The van der Waals surface area contributed by atoms with E-state index in [1.54, 1.807) is 12.1 Å². The second-order valence-corrected chi connectivity index (χ2v) is 11.1. The van der Waals surface area contributed by atoms with Crippen molar-refractivity contribution in [1.82, 2.24) is 0 Å². The van der Waals surface area contributed by atoms with Crippen LogP contribution in [0.1, 0.15) is 0 Å². The fourth-order valence-corrected chi connectivity index (χ4v) is 2.78. The lowest BCUT2D eigenvalue weighted by Crippen LogP contribution is -2.20. The summed E-state index contributed by atoms with van der Waals surface area (Å²) in [6.07, 6.45) is -0.803. The van der Waals surface area contributed by atoms with E-state index in [0.29, 0.717) is 0 Å². The van der Waals surface area contributed by atoms with E-state index in [1.807, 2.05) is 18.2 Å². The lowest BCUT2D eigenvalue weighted by Gasteiger charge is -2.07. The maximum absolute atomic E-state index is 11.9. The summed E-state index contributed by atoms with van der Waals surface area (Å²) in [5.74, 6) is 2.98. The average molecular weight is 266 g/mol. The highest BCUT2D eigenvalue weighted by molar-refractivity contribution is 7.85. The summed E-state index contributed by atoms with van der Waals surface area (Å²) in [6, 6.07) is 9.16. The van der Waals surface area contributed by atoms with Crippen LogP contribution in [0, 0.1) is 11.5 Å². The Hall–Kier alpha value is -0.893. The Morgan fingerprint density at radius 1 is 1.29 bits per heavy atom. The van der Waals surface area contributed by atoms with Gasteiger partial charge in [0.25, 0.3) is 0 Å². The van der Waals surface area contributed by atoms with Crippen molar-refractivity contribution in [3.8, 4) is 11.5 Å². The molecule has 0 unspecified atom stereocenters. The first-order valence-electron chi connectivity index (χ1n) is 5.53. The Morgan fingerprint density at radius 2 is 1.88 bits per heavy atom. The molecule has 1 aromatic carbocycles. The van der Waals surface area contributed by atoms with Crippen molar-refractivity contribution in [2.75, 3.05) is 5.75 Å². The molecule has 2 atom stereocenters. The summed E-state index contributed by atoms with van der Waals surface area (Å²) in [6.45, 7) is 6.34. The van der Waals surface area contributed by atoms with E-state index in [-0.39, 0.29) is 5.75 Å². The maximum Gasteiger partial charge on any atom is 0.129 e. The van der Waals surface area contributed by atoms with E-state index in [9.17, 15) is 9.32 Å². The molecular weight excluding hydrogens is 248 g/mol. The summed E-state index contributed by atoms with van der Waals surface area (Å²) in [4.78, 5) is 0.737. The van der Waals surface area contributed by atoms with Crippen LogP contribution in [0.3, 0.4) is 0 Å². The van der Waals surface area contributed by atoms with Crippen molar-refractivity contribution < 1.29 is 9.32 Å². The molecule has 0 aliphatic carbocycles. The fourth-order valence-electron chi connectivity index (χ4n) is 1.15. The average Bonchev–Trinajstić information content (AvgIpc) is 2.27. The van der Waals surface area contributed by atoms with Gasteiger partial charge in [0.2, 0.25) is 0 Å². The number of aliphatic hydroxyl groups excluding tert-OH is 1. The van der Waals surface area contributed by atoms with Gasteiger partial charge in [-0.15, -0.1) is 5.54 Å². The zero-order chi connectivity index (χ0) is 12.9. The summed E-state index contributed by atoms with van der Waals surface area (Å²) in [5.41, 5.74) is 3.08. The molecule has 0 aliphatic heterocycles. The van der Waals surface area contributed by atoms with Crippen molar-refractivity contribution in [3.05, 3.63) is 30.3 Å². The van der Waals surface area contributed by atoms with Crippen LogP contribution < -0.4 is 0 Å². The van der Waals surface area contributed by atoms with E-state index >= 15 is 0 Å². The van der Waals surface area contributed by atoms with Gasteiger partial charge in [-0.3, -0.25) is 4.21 Å². The monoisotopic (exact) mass is 266 g/mol. The molecule has 1 aromatic rings. The number of benzene rings is 1. The summed E-state index contributed by atoms with van der Waals surface area (Å²) < 4.78 is 11.9. The molecule has 0 saturated heterocycles. The molecule has 0 heterocycles. The molecule has 0 amide bonds. The molecule has 0 fully saturated rings. The zero-order valence-electron chi connectivity index (χ0n) is 10.4. The number of hydrogen-bond acceptors (Lipinski definition) is 2. The number of aliphatic hydroxyl groups is 1. The third-order valence-electron chi connectivity index (χ3n) is 1.93. The van der Waals surface area contributed by atoms with Crippen LogP contribution in [0.15, 0.2) is 35.2 Å². The first-order chi connectivity index (χ1) is 7.88. The van der Waals surface area contributed by atoms with E-state index in [1.165, 1.54) is 0 Å². The van der Waals surface area contributed by atoms with Gasteiger partial charge in [0.15, 0.2) is 0 Å². The molecule has 1 N–H and O–H groups in total. The summed E-state index contributed by atoms with van der Waals surface area (Å²) in [7, 11) is -2.65. The molecular formula is C13H18O2SSi. The second-order valence-electron chi connectivity index (χ2n) is 4.86. The molecule has 92 valence electrons. The highest BCUT2D eigenvalue weighted by atomic mass is 32.2. The third kappa shape index (κ3) is 5.83. The van der Waals surface area contributed by atoms with Crippen molar-refractivity contribution in [2.24, 2.45) is 0 Å². The highest BCUT2D eigenvalue weighted by Crippen LogP contribution is 2.06. The minimum absolute atomic E-state index is 0.182. The molecule has 0 bridgehead atoms. The van der Waals surface area contributed by atoms with Gasteiger partial charge >= 0.3 is 0 Å². The van der Waals surface area contributed by atoms with Gasteiger partial charge in [0.1, 0.15) is 14.2 Å². The van der Waals surface area contributed by atoms with Crippen LogP contribution in [0.4, 0.5) is 0 Å². The smallest absolute Gasteiger partial charge is 0.129 e. The Labute approximate surface area is 107 Å². The normalized spacial score (nSPS) is 14.6. The van der Waals surface area contributed by atoms with Gasteiger partial charge in [0, 0.05) is 4.90 Å². The van der Waals surface area contributed by atoms with Gasteiger partial charge in [-0.25, -0.2) is 0 Å². The number of rotatable bonds is 3. The molecule has 0 aromatic heterocycles. The van der Waals surface area contributed by atoms with Crippen molar-refractivity contribution in [2.45, 2.75) is 30.6 Å². The Bertz CT molecular complexity index is 440. The third-order valence-corrected chi connectivity index (χ3v) is 4.24. The fraction of sp³-hybridized carbons (Fsp3) is 0.385. The van der Waals surface area contributed by atoms with Crippen LogP contribution in [0.5, 0.6) is 0 Å². The largest absolute Gasteiger partial charge is 0.379 e. The predicted molar refractivity (Wildman–Crippen MR) is 74.8 cm³/mol. The molecule has 0 aliphatic rings. The van der Waals surface area contributed by atoms with E-state index in [2.05, 4.69) is 31.1 Å². The van der Waals surface area contributed by atoms with E-state index in [0.717, 1.165) is 4.90 Å². The molecule has 1 rings (SSSR count). The van der Waals surface area contributed by atoms with Crippen LogP contribution in [-0.4, -0.2) is 29.2 Å². The van der Waals surface area contributed by atoms with Gasteiger partial charge in [0.05, 0.1) is 16.6 Å². The Morgan fingerprint density at radius 3 is 2.41 bits per heavy atom. The summed E-state index contributed by atoms with van der Waals surface area (Å²) >= 11 is 0. The number of hydrogen-bond donors (Lipinski definition) is 1. The minimum atomic E-state index is -1.47. The van der Waals surface area contributed by atoms with Gasteiger partial charge in [-0.2, -0.15) is 0 Å². The quantitative estimate of drug-likeness (QED) is 0.671. The van der Waals surface area contributed by atoms with Crippen LogP contribution in [0.2, 0.25) is 19.6 Å². The summed E-state index contributed by atoms with van der Waals surface area (Å²) in [5, 5.41) is 9.70. The zero-order valence-corrected chi connectivity index (χ0v) is 12.3. The molecule has 0 radical (unpaired) electrons. The van der Waals surface area contributed by atoms with Crippen LogP contribution >= 0.6 is 0 Å². The second kappa shape index (κ2) is 6.15. The van der Waals surface area contributed by atoms with Crippen molar-refractivity contribution >= 4 is 18.9 Å². The van der Waals surface area contributed by atoms with Gasteiger partial charge in [-0.1, -0.05) is 43.8 Å². The standard InChI is InChI=1S/C13H18O2SSi/c1-17(2,3)10-9-12(14)11-16(15)13-7-5-4-6-8-13/h4-8,12,14H,11H2,1-3H3/t12-,16+/m1/s1. The molecule has 2 nitrogen and oxygen atoms in total.